The first-order chi connectivity index (χ1) is 10.5. The number of rotatable bonds is 2. The van der Waals surface area contributed by atoms with Gasteiger partial charge in [0.05, 0.1) is 17.7 Å². The standard InChI is InChI=1S/C18H24N2O3/c1-17(2,3)9-14(21)20-16-15(22)12-8-11(10-19)6-7-13(12)23-18(16,4)5/h6-8,15-16,22H,9H2,1-5H3,(H,20,21)/t15?,16-/m0/s1. The van der Waals surface area contributed by atoms with Crippen molar-refractivity contribution < 1.29 is 14.6 Å². The second-order valence-electron chi connectivity index (χ2n) is 7.80. The number of hydrogen-bond acceptors (Lipinski definition) is 4. The van der Waals surface area contributed by atoms with E-state index in [0.29, 0.717) is 23.3 Å². The van der Waals surface area contributed by atoms with E-state index in [2.05, 4.69) is 11.4 Å². The highest BCUT2D eigenvalue weighted by atomic mass is 16.5. The molecule has 2 atom stereocenters. The van der Waals surface area contributed by atoms with Crippen LogP contribution in [0.25, 0.3) is 0 Å². The summed E-state index contributed by atoms with van der Waals surface area (Å²) >= 11 is 0. The molecule has 0 saturated carbocycles. The molecule has 0 aromatic heterocycles. The third-order valence-electron chi connectivity index (χ3n) is 3.90. The Balaban J connectivity index is 2.29. The van der Waals surface area contributed by atoms with Crippen LogP contribution in [0, 0.1) is 16.7 Å². The molecule has 1 amide bonds. The number of nitrogens with one attached hydrogen (secondary N) is 1. The molecule has 0 bridgehead atoms. The summed E-state index contributed by atoms with van der Waals surface area (Å²) in [7, 11) is 0. The second kappa shape index (κ2) is 5.86. The number of nitrogens with zero attached hydrogens (tertiary/aromatic N) is 1. The van der Waals surface area contributed by atoms with Crippen LogP contribution in [0.4, 0.5) is 0 Å². The first kappa shape index (κ1) is 17.3. The van der Waals surface area contributed by atoms with Gasteiger partial charge in [-0.25, -0.2) is 0 Å². The Hall–Kier alpha value is -2.06. The number of ether oxygens (including phenoxy) is 1. The van der Waals surface area contributed by atoms with Gasteiger partial charge in [0, 0.05) is 12.0 Å². The van der Waals surface area contributed by atoms with E-state index in [-0.39, 0.29) is 11.3 Å². The minimum absolute atomic E-state index is 0.127. The zero-order chi connectivity index (χ0) is 17.4. The molecule has 1 aliphatic heterocycles. The van der Waals surface area contributed by atoms with Crippen LogP contribution in [0.15, 0.2) is 18.2 Å². The van der Waals surface area contributed by atoms with Crippen molar-refractivity contribution in [3.8, 4) is 11.8 Å². The van der Waals surface area contributed by atoms with Gasteiger partial charge in [0.2, 0.25) is 5.91 Å². The summed E-state index contributed by atoms with van der Waals surface area (Å²) in [5.41, 5.74) is 0.0876. The number of fused-ring (bicyclic) bond motifs is 1. The summed E-state index contributed by atoms with van der Waals surface area (Å²) in [5.74, 6) is 0.418. The maximum atomic E-state index is 12.3. The van der Waals surface area contributed by atoms with Crippen molar-refractivity contribution in [2.45, 2.75) is 58.8 Å². The van der Waals surface area contributed by atoms with E-state index >= 15 is 0 Å². The lowest BCUT2D eigenvalue weighted by atomic mass is 9.84. The van der Waals surface area contributed by atoms with Gasteiger partial charge in [-0.3, -0.25) is 4.79 Å². The fraction of sp³-hybridized carbons (Fsp3) is 0.556. The summed E-state index contributed by atoms with van der Waals surface area (Å²) in [4.78, 5) is 12.3. The molecule has 1 aromatic rings. The van der Waals surface area contributed by atoms with Gasteiger partial charge in [-0.15, -0.1) is 0 Å². The molecule has 1 aromatic carbocycles. The molecule has 23 heavy (non-hydrogen) atoms. The summed E-state index contributed by atoms with van der Waals surface area (Å²) in [5, 5.41) is 22.6. The van der Waals surface area contributed by atoms with Crippen LogP contribution in [0.2, 0.25) is 0 Å². The Bertz CT molecular complexity index is 653. The van der Waals surface area contributed by atoms with E-state index in [1.165, 1.54) is 0 Å². The summed E-state index contributed by atoms with van der Waals surface area (Å²) in [6.45, 7) is 9.62. The molecule has 2 N–H and O–H groups in total. The van der Waals surface area contributed by atoms with Gasteiger partial charge in [-0.1, -0.05) is 20.8 Å². The molecule has 5 heteroatoms. The quantitative estimate of drug-likeness (QED) is 0.879. The van der Waals surface area contributed by atoms with Crippen LogP contribution < -0.4 is 10.1 Å². The first-order valence-electron chi connectivity index (χ1n) is 7.74. The van der Waals surface area contributed by atoms with Crippen molar-refractivity contribution >= 4 is 5.91 Å². The number of benzene rings is 1. The molecule has 0 fully saturated rings. The third kappa shape index (κ3) is 3.83. The van der Waals surface area contributed by atoms with E-state index in [1.54, 1.807) is 18.2 Å². The van der Waals surface area contributed by atoms with Crippen LogP contribution in [0.5, 0.6) is 5.75 Å². The van der Waals surface area contributed by atoms with E-state index < -0.39 is 17.7 Å². The zero-order valence-electron chi connectivity index (χ0n) is 14.3. The van der Waals surface area contributed by atoms with E-state index in [9.17, 15) is 9.90 Å². The Morgan fingerprint density at radius 3 is 2.65 bits per heavy atom. The number of hydrogen-bond donors (Lipinski definition) is 2. The molecule has 5 nitrogen and oxygen atoms in total. The highest BCUT2D eigenvalue weighted by Gasteiger charge is 2.44. The molecule has 1 unspecified atom stereocenters. The number of amides is 1. The third-order valence-corrected chi connectivity index (χ3v) is 3.90. The van der Waals surface area contributed by atoms with Crippen molar-refractivity contribution in [3.63, 3.8) is 0 Å². The van der Waals surface area contributed by atoms with Crippen LogP contribution >= 0.6 is 0 Å². The number of aliphatic hydroxyl groups is 1. The topological polar surface area (TPSA) is 82.4 Å². The number of aliphatic hydroxyl groups excluding tert-OH is 1. The van der Waals surface area contributed by atoms with Crippen molar-refractivity contribution in [2.75, 3.05) is 0 Å². The van der Waals surface area contributed by atoms with Gasteiger partial charge in [0.1, 0.15) is 17.5 Å². The smallest absolute Gasteiger partial charge is 0.220 e. The lowest BCUT2D eigenvalue weighted by Crippen LogP contribution is -2.58. The van der Waals surface area contributed by atoms with Crippen LogP contribution in [0.1, 0.15) is 58.3 Å². The van der Waals surface area contributed by atoms with Gasteiger partial charge in [-0.05, 0) is 37.5 Å². The molecule has 0 radical (unpaired) electrons. The lowest BCUT2D eigenvalue weighted by Gasteiger charge is -2.43. The summed E-state index contributed by atoms with van der Waals surface area (Å²) in [6.07, 6.45) is -0.567. The molecule has 0 spiro atoms. The van der Waals surface area contributed by atoms with Crippen LogP contribution in [-0.2, 0) is 4.79 Å². The molecule has 124 valence electrons. The van der Waals surface area contributed by atoms with Crippen molar-refractivity contribution in [2.24, 2.45) is 5.41 Å². The van der Waals surface area contributed by atoms with E-state index in [0.717, 1.165) is 0 Å². The number of nitriles is 1. The van der Waals surface area contributed by atoms with Gasteiger partial charge in [0.25, 0.3) is 0 Å². The highest BCUT2D eigenvalue weighted by Crippen LogP contribution is 2.40. The number of carbonyl (C=O) groups excluding carboxylic acids is 1. The fourth-order valence-corrected chi connectivity index (χ4v) is 2.81. The molecular formula is C18H24N2O3. The largest absolute Gasteiger partial charge is 0.485 e. The monoisotopic (exact) mass is 316 g/mol. The first-order valence-corrected chi connectivity index (χ1v) is 7.74. The average molecular weight is 316 g/mol. The SMILES string of the molecule is CC(C)(C)CC(=O)N[C@H]1C(O)c2cc(C#N)ccc2OC1(C)C. The predicted molar refractivity (Wildman–Crippen MR) is 86.8 cm³/mol. The van der Waals surface area contributed by atoms with Gasteiger partial charge >= 0.3 is 0 Å². The van der Waals surface area contributed by atoms with E-state index in [4.69, 9.17) is 10.00 Å². The minimum Gasteiger partial charge on any atom is -0.485 e. The molecule has 0 saturated heterocycles. The summed E-state index contributed by atoms with van der Waals surface area (Å²) in [6, 6.07) is 6.42. The second-order valence-corrected chi connectivity index (χ2v) is 7.80. The Morgan fingerprint density at radius 2 is 2.09 bits per heavy atom. The van der Waals surface area contributed by atoms with E-state index in [1.807, 2.05) is 34.6 Å². The minimum atomic E-state index is -0.925. The average Bonchev–Trinajstić information content (AvgIpc) is 2.41. The van der Waals surface area contributed by atoms with Gasteiger partial charge in [-0.2, -0.15) is 5.26 Å². The summed E-state index contributed by atoms with van der Waals surface area (Å²) < 4.78 is 5.95. The van der Waals surface area contributed by atoms with Crippen molar-refractivity contribution in [1.29, 1.82) is 5.26 Å². The predicted octanol–water partition coefficient (Wildman–Crippen LogP) is 2.68. The number of carbonyl (C=O) groups is 1. The lowest BCUT2D eigenvalue weighted by molar-refractivity contribution is -0.128. The van der Waals surface area contributed by atoms with Gasteiger partial charge < -0.3 is 15.2 Å². The molecule has 1 aliphatic rings. The molecular weight excluding hydrogens is 292 g/mol. The highest BCUT2D eigenvalue weighted by molar-refractivity contribution is 5.77. The zero-order valence-corrected chi connectivity index (χ0v) is 14.3. The van der Waals surface area contributed by atoms with Crippen molar-refractivity contribution in [1.82, 2.24) is 5.32 Å². The maximum Gasteiger partial charge on any atom is 0.220 e. The Kier molecular flexibility index (Phi) is 4.41. The van der Waals surface area contributed by atoms with Crippen LogP contribution in [-0.4, -0.2) is 22.7 Å². The normalized spacial score (nSPS) is 22.5. The molecule has 2 rings (SSSR count). The fourth-order valence-electron chi connectivity index (χ4n) is 2.81. The Labute approximate surface area is 137 Å². The van der Waals surface area contributed by atoms with Crippen LogP contribution in [0.3, 0.4) is 0 Å². The Morgan fingerprint density at radius 1 is 1.43 bits per heavy atom. The van der Waals surface area contributed by atoms with Crippen molar-refractivity contribution in [3.05, 3.63) is 29.3 Å². The maximum absolute atomic E-state index is 12.3. The molecule has 1 heterocycles. The van der Waals surface area contributed by atoms with Gasteiger partial charge in [0.15, 0.2) is 0 Å². The molecule has 0 aliphatic carbocycles.